The van der Waals surface area contributed by atoms with Crippen LogP contribution < -0.4 is 10.0 Å². The van der Waals surface area contributed by atoms with Crippen molar-refractivity contribution in [3.63, 3.8) is 0 Å². The summed E-state index contributed by atoms with van der Waals surface area (Å²) in [5, 5.41) is 3.17. The van der Waals surface area contributed by atoms with E-state index in [1.54, 1.807) is 6.07 Å². The third-order valence-electron chi connectivity index (χ3n) is 2.95. The van der Waals surface area contributed by atoms with Crippen molar-refractivity contribution in [3.05, 3.63) is 17.9 Å². The Hall–Kier alpha value is -0.850. The molecule has 0 saturated carbocycles. The van der Waals surface area contributed by atoms with E-state index in [0.717, 1.165) is 38.6 Å². The highest BCUT2D eigenvalue weighted by atomic mass is 32.2. The van der Waals surface area contributed by atoms with Crippen molar-refractivity contribution in [1.29, 1.82) is 0 Å². The lowest BCUT2D eigenvalue weighted by atomic mass is 10.2. The molecule has 0 fully saturated rings. The Balaban J connectivity index is 2.42. The van der Waals surface area contributed by atoms with Crippen LogP contribution in [-0.2, 0) is 16.6 Å². The lowest BCUT2D eigenvalue weighted by Gasteiger charge is -2.04. The van der Waals surface area contributed by atoms with E-state index >= 15 is 0 Å². The predicted octanol–water partition coefficient (Wildman–Crippen LogP) is 2.64. The summed E-state index contributed by atoms with van der Waals surface area (Å²) in [6.45, 7) is 6.11. The first kappa shape index (κ1) is 17.2. The fraction of sp³-hybridized carbons (Fsp3) is 0.714. The van der Waals surface area contributed by atoms with Gasteiger partial charge in [-0.2, -0.15) is 0 Å². The zero-order valence-corrected chi connectivity index (χ0v) is 13.3. The van der Waals surface area contributed by atoms with Gasteiger partial charge in [0.15, 0.2) is 0 Å². The van der Waals surface area contributed by atoms with Crippen LogP contribution in [0.2, 0.25) is 0 Å². The third kappa shape index (κ3) is 6.07. The molecular formula is C14H26N2O3S. The monoisotopic (exact) mass is 302 g/mol. The van der Waals surface area contributed by atoms with Crippen LogP contribution in [0, 0.1) is 0 Å². The van der Waals surface area contributed by atoms with Crippen molar-refractivity contribution < 1.29 is 12.8 Å². The molecule has 0 unspecified atom stereocenters. The Morgan fingerprint density at radius 2 is 1.85 bits per heavy atom. The van der Waals surface area contributed by atoms with E-state index in [-0.39, 0.29) is 5.09 Å². The number of sulfonamides is 1. The molecule has 1 aromatic rings. The van der Waals surface area contributed by atoms with Gasteiger partial charge in [-0.05, 0) is 31.5 Å². The molecule has 0 spiro atoms. The Morgan fingerprint density at radius 1 is 1.05 bits per heavy atom. The van der Waals surface area contributed by atoms with E-state index in [0.29, 0.717) is 18.8 Å². The summed E-state index contributed by atoms with van der Waals surface area (Å²) in [7, 11) is -3.50. The molecule has 1 rings (SSSR count). The van der Waals surface area contributed by atoms with E-state index < -0.39 is 10.0 Å². The molecule has 2 N–H and O–H groups in total. The first-order valence-corrected chi connectivity index (χ1v) is 8.87. The van der Waals surface area contributed by atoms with Crippen molar-refractivity contribution in [2.24, 2.45) is 0 Å². The van der Waals surface area contributed by atoms with Crippen LogP contribution in [0.25, 0.3) is 0 Å². The second-order valence-electron chi connectivity index (χ2n) is 4.86. The lowest BCUT2D eigenvalue weighted by Crippen LogP contribution is -2.24. The van der Waals surface area contributed by atoms with Gasteiger partial charge in [-0.25, -0.2) is 13.1 Å². The van der Waals surface area contributed by atoms with Gasteiger partial charge in [0.05, 0.1) is 6.54 Å². The quantitative estimate of drug-likeness (QED) is 0.616. The second kappa shape index (κ2) is 9.15. The highest BCUT2D eigenvalue weighted by Crippen LogP contribution is 2.13. The summed E-state index contributed by atoms with van der Waals surface area (Å²) in [6.07, 6.45) is 5.21. The van der Waals surface area contributed by atoms with Gasteiger partial charge >= 0.3 is 0 Å². The van der Waals surface area contributed by atoms with Crippen LogP contribution in [0.4, 0.5) is 0 Å². The van der Waals surface area contributed by atoms with Crippen molar-refractivity contribution in [2.45, 2.75) is 57.6 Å². The van der Waals surface area contributed by atoms with Gasteiger partial charge in [0, 0.05) is 6.54 Å². The van der Waals surface area contributed by atoms with Crippen LogP contribution in [-0.4, -0.2) is 21.5 Å². The van der Waals surface area contributed by atoms with Crippen LogP contribution in [0.3, 0.4) is 0 Å². The van der Waals surface area contributed by atoms with Gasteiger partial charge in [0.25, 0.3) is 10.0 Å². The van der Waals surface area contributed by atoms with Crippen LogP contribution in [0.15, 0.2) is 21.6 Å². The average molecular weight is 302 g/mol. The highest BCUT2D eigenvalue weighted by molar-refractivity contribution is 7.89. The maximum absolute atomic E-state index is 12.0. The smallest absolute Gasteiger partial charge is 0.273 e. The van der Waals surface area contributed by atoms with E-state index in [1.165, 1.54) is 6.07 Å². The maximum atomic E-state index is 12.0. The fourth-order valence-corrected chi connectivity index (χ4v) is 2.83. The summed E-state index contributed by atoms with van der Waals surface area (Å²) in [4.78, 5) is 0. The number of unbranched alkanes of at least 4 members (excludes halogenated alkanes) is 3. The summed E-state index contributed by atoms with van der Waals surface area (Å²) in [6, 6.07) is 3.21. The topological polar surface area (TPSA) is 71.3 Å². The second-order valence-corrected chi connectivity index (χ2v) is 6.55. The molecule has 0 bridgehead atoms. The van der Waals surface area contributed by atoms with Crippen molar-refractivity contribution >= 4 is 10.0 Å². The van der Waals surface area contributed by atoms with Gasteiger partial charge in [0.2, 0.25) is 5.09 Å². The van der Waals surface area contributed by atoms with E-state index in [1.807, 2.05) is 0 Å². The first-order chi connectivity index (χ1) is 9.60. The molecule has 0 aromatic carbocycles. The molecule has 116 valence electrons. The zero-order valence-electron chi connectivity index (χ0n) is 12.4. The number of hydrogen-bond donors (Lipinski definition) is 2. The van der Waals surface area contributed by atoms with Gasteiger partial charge in [0.1, 0.15) is 5.76 Å². The maximum Gasteiger partial charge on any atom is 0.273 e. The number of rotatable bonds is 11. The molecule has 0 aliphatic carbocycles. The molecule has 0 atom stereocenters. The van der Waals surface area contributed by atoms with Gasteiger partial charge in [-0.15, -0.1) is 0 Å². The molecule has 1 aromatic heterocycles. The Bertz CT molecular complexity index is 469. The molecule has 0 aliphatic rings. The van der Waals surface area contributed by atoms with Crippen LogP contribution >= 0.6 is 0 Å². The van der Waals surface area contributed by atoms with Crippen LogP contribution in [0.1, 0.15) is 51.7 Å². The first-order valence-electron chi connectivity index (χ1n) is 7.39. The van der Waals surface area contributed by atoms with E-state index in [9.17, 15) is 8.42 Å². The number of hydrogen-bond acceptors (Lipinski definition) is 4. The average Bonchev–Trinajstić information content (AvgIpc) is 2.88. The molecule has 5 nitrogen and oxygen atoms in total. The summed E-state index contributed by atoms with van der Waals surface area (Å²) >= 11 is 0. The van der Waals surface area contributed by atoms with Crippen molar-refractivity contribution in [2.75, 3.05) is 13.1 Å². The molecule has 0 amide bonds. The molecule has 6 heteroatoms. The van der Waals surface area contributed by atoms with E-state index in [4.69, 9.17) is 4.42 Å². The molecular weight excluding hydrogens is 276 g/mol. The Kier molecular flexibility index (Phi) is 7.87. The summed E-state index contributed by atoms with van der Waals surface area (Å²) < 4.78 is 31.9. The highest BCUT2D eigenvalue weighted by Gasteiger charge is 2.17. The van der Waals surface area contributed by atoms with Crippen LogP contribution in [0.5, 0.6) is 0 Å². The molecule has 0 aliphatic heterocycles. The summed E-state index contributed by atoms with van der Waals surface area (Å²) in [5.74, 6) is 0.643. The molecule has 0 radical (unpaired) electrons. The molecule has 20 heavy (non-hydrogen) atoms. The third-order valence-corrected chi connectivity index (χ3v) is 4.28. The Labute approximate surface area is 122 Å². The standard InChI is InChI=1S/C14H26N2O3S/c1-3-5-6-7-11-16-20(17,18)14-9-8-13(19-14)12-15-10-4-2/h8-9,15-16H,3-7,10-12H2,1-2H3. The fourth-order valence-electron chi connectivity index (χ4n) is 1.82. The zero-order chi connectivity index (χ0) is 14.8. The van der Waals surface area contributed by atoms with Crippen molar-refractivity contribution in [3.8, 4) is 0 Å². The minimum absolute atomic E-state index is 0.00119. The summed E-state index contributed by atoms with van der Waals surface area (Å²) in [5.41, 5.74) is 0. The Morgan fingerprint density at radius 3 is 2.55 bits per heavy atom. The van der Waals surface area contributed by atoms with Crippen molar-refractivity contribution in [1.82, 2.24) is 10.0 Å². The van der Waals surface area contributed by atoms with Gasteiger partial charge < -0.3 is 9.73 Å². The lowest BCUT2D eigenvalue weighted by molar-refractivity contribution is 0.399. The van der Waals surface area contributed by atoms with Gasteiger partial charge in [-0.1, -0.05) is 33.1 Å². The number of nitrogens with one attached hydrogen (secondary N) is 2. The van der Waals surface area contributed by atoms with E-state index in [2.05, 4.69) is 23.9 Å². The van der Waals surface area contributed by atoms with Gasteiger partial charge in [-0.3, -0.25) is 0 Å². The normalized spacial score (nSPS) is 11.9. The minimum Gasteiger partial charge on any atom is -0.447 e. The SMILES string of the molecule is CCCCCCNS(=O)(=O)c1ccc(CNCCC)o1. The number of furan rings is 1. The molecule has 1 heterocycles. The largest absolute Gasteiger partial charge is 0.447 e. The molecule has 0 saturated heterocycles. The minimum atomic E-state index is -3.50. The predicted molar refractivity (Wildman–Crippen MR) is 80.0 cm³/mol.